The van der Waals surface area contributed by atoms with Gasteiger partial charge in [0.1, 0.15) is 11.2 Å². The standard InChI is InChI=1S/C42H45NO/c1-25-20-35(39-41(6,7)23-40(4,5)24-42(39,8)9)26(2)19-33(25)34-21-36(43-22-27(34)3)32-16-12-15-30-31-18-17-28-13-10-11-14-29(28)37(31)44-38(30)32/h10-22,39H,23-24H2,1-9H3/i3D3,39D. The van der Waals surface area contributed by atoms with Crippen LogP contribution >= 0.6 is 0 Å². The third-order valence-corrected chi connectivity index (χ3v) is 9.89. The lowest BCUT2D eigenvalue weighted by Crippen LogP contribution is -2.45. The average Bonchev–Trinajstić information content (AvgIpc) is 3.38. The maximum Gasteiger partial charge on any atom is 0.144 e. The predicted molar refractivity (Wildman–Crippen MR) is 187 cm³/mol. The highest BCUT2D eigenvalue weighted by molar-refractivity contribution is 6.17. The second-order valence-corrected chi connectivity index (χ2v) is 15.2. The van der Waals surface area contributed by atoms with Crippen molar-refractivity contribution in [1.29, 1.82) is 0 Å². The molecule has 4 aromatic carbocycles. The molecule has 44 heavy (non-hydrogen) atoms. The Labute approximate surface area is 268 Å². The summed E-state index contributed by atoms with van der Waals surface area (Å²) in [6.07, 6.45) is 3.42. The van der Waals surface area contributed by atoms with Crippen molar-refractivity contribution in [3.05, 3.63) is 101 Å². The minimum absolute atomic E-state index is 0.137. The van der Waals surface area contributed by atoms with Gasteiger partial charge in [-0.15, -0.1) is 0 Å². The first-order valence-electron chi connectivity index (χ1n) is 17.8. The molecule has 2 nitrogen and oxygen atoms in total. The van der Waals surface area contributed by atoms with Gasteiger partial charge in [-0.1, -0.05) is 96.1 Å². The normalized spacial score (nSPS) is 20.3. The summed E-state index contributed by atoms with van der Waals surface area (Å²) in [5.41, 5.74) is 7.30. The van der Waals surface area contributed by atoms with Gasteiger partial charge in [-0.2, -0.15) is 0 Å². The monoisotopic (exact) mass is 583 g/mol. The zero-order valence-corrected chi connectivity index (χ0v) is 27.3. The summed E-state index contributed by atoms with van der Waals surface area (Å²) in [6, 6.07) is 24.7. The molecule has 1 aliphatic carbocycles. The number of para-hydroxylation sites is 1. The van der Waals surface area contributed by atoms with E-state index in [0.29, 0.717) is 11.3 Å². The highest BCUT2D eigenvalue weighted by Gasteiger charge is 2.51. The van der Waals surface area contributed by atoms with E-state index in [4.69, 9.17) is 13.5 Å². The molecule has 224 valence electrons. The molecule has 2 aromatic heterocycles. The molecular weight excluding hydrogens is 534 g/mol. The zero-order valence-electron chi connectivity index (χ0n) is 31.3. The van der Waals surface area contributed by atoms with E-state index in [9.17, 15) is 1.37 Å². The smallest absolute Gasteiger partial charge is 0.144 e. The number of benzene rings is 4. The largest absolute Gasteiger partial charge is 0.455 e. The topological polar surface area (TPSA) is 26.0 Å². The van der Waals surface area contributed by atoms with Gasteiger partial charge in [-0.25, -0.2) is 0 Å². The summed E-state index contributed by atoms with van der Waals surface area (Å²) >= 11 is 0. The predicted octanol–water partition coefficient (Wildman–Crippen LogP) is 12.3. The average molecular weight is 584 g/mol. The lowest BCUT2D eigenvalue weighted by molar-refractivity contribution is -0.00980. The summed E-state index contributed by atoms with van der Waals surface area (Å²) in [5, 5.41) is 4.19. The Morgan fingerprint density at radius 2 is 1.39 bits per heavy atom. The van der Waals surface area contributed by atoms with Crippen LogP contribution < -0.4 is 0 Å². The van der Waals surface area contributed by atoms with Crippen LogP contribution in [0.1, 0.15) is 88.0 Å². The van der Waals surface area contributed by atoms with Gasteiger partial charge < -0.3 is 4.42 Å². The Hall–Kier alpha value is -3.91. The third-order valence-electron chi connectivity index (χ3n) is 9.89. The molecule has 6 aromatic rings. The van der Waals surface area contributed by atoms with E-state index in [1.807, 2.05) is 37.3 Å². The number of hydrogen-bond donors (Lipinski definition) is 0. The van der Waals surface area contributed by atoms with Crippen molar-refractivity contribution in [2.24, 2.45) is 16.2 Å². The van der Waals surface area contributed by atoms with Crippen LogP contribution in [0.25, 0.3) is 55.1 Å². The van der Waals surface area contributed by atoms with Gasteiger partial charge >= 0.3 is 0 Å². The Morgan fingerprint density at radius 3 is 2.14 bits per heavy atom. The minimum Gasteiger partial charge on any atom is -0.455 e. The van der Waals surface area contributed by atoms with Gasteiger partial charge in [0.25, 0.3) is 0 Å². The molecule has 2 heteroatoms. The first-order chi connectivity index (χ1) is 22.3. The van der Waals surface area contributed by atoms with Crippen molar-refractivity contribution in [1.82, 2.24) is 4.98 Å². The lowest BCUT2D eigenvalue weighted by Gasteiger charge is -2.56. The molecule has 0 spiro atoms. The number of pyridine rings is 1. The molecule has 0 amide bonds. The van der Waals surface area contributed by atoms with Crippen molar-refractivity contribution in [3.63, 3.8) is 0 Å². The first kappa shape index (κ1) is 24.4. The maximum absolute atomic E-state index is 10.2. The van der Waals surface area contributed by atoms with Crippen LogP contribution in [0.5, 0.6) is 0 Å². The number of furan rings is 1. The summed E-state index contributed by atoms with van der Waals surface area (Å²) < 4.78 is 42.2. The van der Waals surface area contributed by atoms with Crippen molar-refractivity contribution in [2.75, 3.05) is 0 Å². The summed E-state index contributed by atoms with van der Waals surface area (Å²) in [5.74, 6) is -0.833. The molecule has 0 radical (unpaired) electrons. The van der Waals surface area contributed by atoms with E-state index in [2.05, 4.69) is 90.9 Å². The summed E-state index contributed by atoms with van der Waals surface area (Å²) in [4.78, 5) is 4.74. The van der Waals surface area contributed by atoms with E-state index >= 15 is 0 Å². The molecule has 2 heterocycles. The molecule has 0 aliphatic heterocycles. The zero-order chi connectivity index (χ0) is 34.6. The highest BCUT2D eigenvalue weighted by atomic mass is 16.3. The summed E-state index contributed by atoms with van der Waals surface area (Å²) in [7, 11) is 0. The molecule has 0 N–H and O–H groups in total. The molecule has 0 atom stereocenters. The van der Waals surface area contributed by atoms with Crippen molar-refractivity contribution in [2.45, 2.75) is 81.0 Å². The van der Waals surface area contributed by atoms with Crippen LogP contribution in [0.3, 0.4) is 0 Å². The summed E-state index contributed by atoms with van der Waals surface area (Å²) in [6.45, 7) is 15.4. The van der Waals surface area contributed by atoms with Crippen molar-refractivity contribution >= 4 is 32.7 Å². The fourth-order valence-electron chi connectivity index (χ4n) is 9.21. The Bertz CT molecular complexity index is 2230. The molecule has 1 aliphatic rings. The van der Waals surface area contributed by atoms with Gasteiger partial charge in [0.05, 0.1) is 5.69 Å². The van der Waals surface area contributed by atoms with Gasteiger partial charge in [-0.3, -0.25) is 4.98 Å². The molecule has 0 saturated heterocycles. The second-order valence-electron chi connectivity index (χ2n) is 15.2. The van der Waals surface area contributed by atoms with Crippen molar-refractivity contribution < 1.29 is 9.90 Å². The first-order valence-corrected chi connectivity index (χ1v) is 15.8. The molecule has 0 bridgehead atoms. The Morgan fingerprint density at radius 1 is 0.705 bits per heavy atom. The third kappa shape index (κ3) is 4.57. The Kier molecular flexibility index (Phi) is 5.44. The van der Waals surface area contributed by atoms with Crippen LogP contribution in [0.15, 0.2) is 83.4 Å². The molecular formula is C42H45NO. The van der Waals surface area contributed by atoms with E-state index in [1.165, 1.54) is 6.20 Å². The number of fused-ring (bicyclic) bond motifs is 5. The molecule has 0 unspecified atom stereocenters. The van der Waals surface area contributed by atoms with Gasteiger partial charge in [0.15, 0.2) is 0 Å². The van der Waals surface area contributed by atoms with Crippen molar-refractivity contribution in [3.8, 4) is 22.4 Å². The number of aromatic nitrogens is 1. The van der Waals surface area contributed by atoms with Gasteiger partial charge in [0.2, 0.25) is 0 Å². The fourth-order valence-corrected chi connectivity index (χ4v) is 9.21. The van der Waals surface area contributed by atoms with Crippen LogP contribution in [0.4, 0.5) is 0 Å². The van der Waals surface area contributed by atoms with Crippen LogP contribution in [0.2, 0.25) is 0 Å². The molecule has 1 saturated carbocycles. The minimum atomic E-state index is -2.36. The lowest BCUT2D eigenvalue weighted by atomic mass is 9.49. The Balaban J connectivity index is 1.42. The quantitative estimate of drug-likeness (QED) is 0.207. The van der Waals surface area contributed by atoms with E-state index in [0.717, 1.165) is 73.4 Å². The second kappa shape index (κ2) is 9.80. The van der Waals surface area contributed by atoms with Crippen LogP contribution in [0, 0.1) is 36.9 Å². The molecule has 1 fully saturated rings. The molecule has 7 rings (SSSR count). The van der Waals surface area contributed by atoms with Crippen LogP contribution in [-0.4, -0.2) is 4.98 Å². The number of nitrogens with zero attached hydrogens (tertiary/aromatic N) is 1. The highest BCUT2D eigenvalue weighted by Crippen LogP contribution is 2.62. The van der Waals surface area contributed by atoms with Gasteiger partial charge in [-0.05, 0) is 113 Å². The van der Waals surface area contributed by atoms with Crippen LogP contribution in [-0.2, 0) is 0 Å². The SMILES string of the molecule is [2H]C([2H])([2H])c1cnc(-c2cccc3c2oc2c4ccccc4ccc32)cc1-c1cc(C)c(C2([2H])C(C)(C)CC(C)(C)CC2(C)C)cc1C. The van der Waals surface area contributed by atoms with E-state index in [1.54, 1.807) is 0 Å². The number of aryl methyl sites for hydroxylation is 3. The number of rotatable bonds is 3. The van der Waals surface area contributed by atoms with E-state index in [-0.39, 0.29) is 21.8 Å². The van der Waals surface area contributed by atoms with E-state index < -0.39 is 12.7 Å². The fraction of sp³-hybridized carbons (Fsp3) is 0.357. The van der Waals surface area contributed by atoms with Gasteiger partial charge in [0, 0.05) is 33.4 Å². The number of hydrogen-bond acceptors (Lipinski definition) is 2. The maximum atomic E-state index is 10.2.